The number of rotatable bonds is 2. The van der Waals surface area contributed by atoms with Gasteiger partial charge in [-0.15, -0.1) is 0 Å². The van der Waals surface area contributed by atoms with Gasteiger partial charge in [0.05, 0.1) is 12.7 Å². The van der Waals surface area contributed by atoms with E-state index in [4.69, 9.17) is 14.6 Å². The van der Waals surface area contributed by atoms with Gasteiger partial charge >= 0.3 is 5.97 Å². The molecule has 22 heavy (non-hydrogen) atoms. The molecule has 0 radical (unpaired) electrons. The number of esters is 1. The van der Waals surface area contributed by atoms with Crippen LogP contribution in [0, 0.1) is 0 Å². The van der Waals surface area contributed by atoms with Gasteiger partial charge in [0.2, 0.25) is 0 Å². The number of carbonyl (C=O) groups excluding carboxylic acids is 1. The summed E-state index contributed by atoms with van der Waals surface area (Å²) in [5.41, 5.74) is 3.70. The van der Waals surface area contributed by atoms with Gasteiger partial charge in [0.1, 0.15) is 0 Å². The Hall–Kier alpha value is -2.60. The molecular formula is C16H18N2O4. The van der Waals surface area contributed by atoms with Crippen molar-refractivity contribution in [3.05, 3.63) is 41.6 Å². The predicted molar refractivity (Wildman–Crippen MR) is 83.8 cm³/mol. The number of methoxy groups -OCH3 is 1. The first-order chi connectivity index (χ1) is 10.7. The number of nitrogens with one attached hydrogen (secondary N) is 2. The smallest absolute Gasteiger partial charge is 0.338 e. The zero-order valence-corrected chi connectivity index (χ0v) is 12.3. The second-order valence-corrected chi connectivity index (χ2v) is 4.75. The van der Waals surface area contributed by atoms with E-state index in [0.717, 1.165) is 41.5 Å². The Morgan fingerprint density at radius 2 is 2.18 bits per heavy atom. The van der Waals surface area contributed by atoms with Crippen molar-refractivity contribution in [1.29, 1.82) is 0 Å². The average Bonchev–Trinajstić information content (AvgIpc) is 3.02. The fraction of sp³-hybridized carbons (Fsp3) is 0.250. The second kappa shape index (κ2) is 7.42. The minimum atomic E-state index is -0.294. The zero-order chi connectivity index (χ0) is 15.9. The van der Waals surface area contributed by atoms with Gasteiger partial charge in [-0.25, -0.2) is 4.79 Å². The Balaban J connectivity index is 0.000000545. The molecule has 2 heterocycles. The standard InChI is InChI=1S/C15H16N2O2.CH2O2/c1-19-15(18)13-8-14-10(4-6-17-14)7-12(13)11-3-2-5-16-9-11;2-1-3/h3-4,6-8,16-17H,2,5,9H2,1H3;1H,(H,2,3). The highest BCUT2D eigenvalue weighted by atomic mass is 16.5. The van der Waals surface area contributed by atoms with Gasteiger partial charge in [-0.2, -0.15) is 0 Å². The van der Waals surface area contributed by atoms with Crippen LogP contribution in [0.3, 0.4) is 0 Å². The van der Waals surface area contributed by atoms with E-state index in [2.05, 4.69) is 22.4 Å². The molecule has 1 aromatic carbocycles. The summed E-state index contributed by atoms with van der Waals surface area (Å²) >= 11 is 0. The lowest BCUT2D eigenvalue weighted by molar-refractivity contribution is -0.122. The lowest BCUT2D eigenvalue weighted by Gasteiger charge is -2.17. The van der Waals surface area contributed by atoms with E-state index in [0.29, 0.717) is 5.56 Å². The molecule has 0 bridgehead atoms. The molecule has 0 spiro atoms. The van der Waals surface area contributed by atoms with Gasteiger partial charge in [0.15, 0.2) is 0 Å². The number of aromatic amines is 1. The molecule has 0 amide bonds. The van der Waals surface area contributed by atoms with Gasteiger partial charge < -0.3 is 20.1 Å². The number of carboxylic acid groups (broad SMARTS) is 1. The van der Waals surface area contributed by atoms with E-state index in [1.807, 2.05) is 18.3 Å². The third-order valence-electron chi connectivity index (χ3n) is 3.47. The van der Waals surface area contributed by atoms with Crippen LogP contribution < -0.4 is 5.32 Å². The number of hydrogen-bond donors (Lipinski definition) is 3. The third-order valence-corrected chi connectivity index (χ3v) is 3.47. The average molecular weight is 302 g/mol. The quantitative estimate of drug-likeness (QED) is 0.583. The Kier molecular flexibility index (Phi) is 5.32. The van der Waals surface area contributed by atoms with Gasteiger partial charge in [-0.05, 0) is 42.3 Å². The largest absolute Gasteiger partial charge is 0.483 e. The van der Waals surface area contributed by atoms with Crippen molar-refractivity contribution in [2.24, 2.45) is 0 Å². The summed E-state index contributed by atoms with van der Waals surface area (Å²) < 4.78 is 4.89. The van der Waals surface area contributed by atoms with Crippen molar-refractivity contribution in [3.8, 4) is 0 Å². The van der Waals surface area contributed by atoms with Crippen LogP contribution in [0.4, 0.5) is 0 Å². The van der Waals surface area contributed by atoms with Crippen LogP contribution in [0.15, 0.2) is 30.5 Å². The number of carbonyl (C=O) groups is 2. The number of H-pyrrole nitrogens is 1. The van der Waals surface area contributed by atoms with Crippen molar-refractivity contribution in [3.63, 3.8) is 0 Å². The van der Waals surface area contributed by atoms with Gasteiger partial charge in [0.25, 0.3) is 6.47 Å². The van der Waals surface area contributed by atoms with Crippen LogP contribution in [-0.2, 0) is 9.53 Å². The minimum Gasteiger partial charge on any atom is -0.483 e. The molecule has 0 aliphatic carbocycles. The molecule has 6 nitrogen and oxygen atoms in total. The minimum absolute atomic E-state index is 0.250. The first-order valence-corrected chi connectivity index (χ1v) is 6.88. The van der Waals surface area contributed by atoms with Gasteiger partial charge in [-0.1, -0.05) is 6.08 Å². The summed E-state index contributed by atoms with van der Waals surface area (Å²) in [5.74, 6) is -0.294. The molecule has 1 aromatic heterocycles. The molecule has 1 aliphatic heterocycles. The van der Waals surface area contributed by atoms with Crippen molar-refractivity contribution in [2.45, 2.75) is 6.42 Å². The summed E-state index contributed by atoms with van der Waals surface area (Å²) in [5, 5.41) is 11.3. The number of ether oxygens (including phenoxy) is 1. The normalized spacial score (nSPS) is 13.8. The molecule has 2 aromatic rings. The molecule has 0 atom stereocenters. The Bertz CT molecular complexity index is 703. The molecule has 0 saturated carbocycles. The Morgan fingerprint density at radius 1 is 1.41 bits per heavy atom. The number of fused-ring (bicyclic) bond motifs is 1. The molecular weight excluding hydrogens is 284 g/mol. The van der Waals surface area contributed by atoms with Crippen molar-refractivity contribution in [2.75, 3.05) is 20.2 Å². The summed E-state index contributed by atoms with van der Waals surface area (Å²) in [4.78, 5) is 23.4. The maximum absolute atomic E-state index is 12.0. The monoisotopic (exact) mass is 302 g/mol. The van der Waals surface area contributed by atoms with Crippen LogP contribution in [-0.4, -0.2) is 42.7 Å². The topological polar surface area (TPSA) is 91.4 Å². The SMILES string of the molecule is COC(=O)c1cc2[nH]ccc2cc1C1=CCCNC1.O=CO. The van der Waals surface area contributed by atoms with E-state index >= 15 is 0 Å². The van der Waals surface area contributed by atoms with Crippen molar-refractivity contribution >= 4 is 28.9 Å². The maximum atomic E-state index is 12.0. The third kappa shape index (κ3) is 3.35. The van der Waals surface area contributed by atoms with Gasteiger partial charge in [-0.3, -0.25) is 4.79 Å². The first kappa shape index (κ1) is 15.8. The predicted octanol–water partition coefficient (Wildman–Crippen LogP) is 2.03. The van der Waals surface area contributed by atoms with E-state index in [1.165, 1.54) is 7.11 Å². The number of aromatic nitrogens is 1. The molecule has 0 fully saturated rings. The zero-order valence-electron chi connectivity index (χ0n) is 12.3. The van der Waals surface area contributed by atoms with Crippen LogP contribution in [0.1, 0.15) is 22.3 Å². The van der Waals surface area contributed by atoms with Crippen molar-refractivity contribution < 1.29 is 19.4 Å². The summed E-state index contributed by atoms with van der Waals surface area (Å²) in [7, 11) is 1.42. The molecule has 3 N–H and O–H groups in total. The molecule has 6 heteroatoms. The summed E-state index contributed by atoms with van der Waals surface area (Å²) in [6.45, 7) is 1.53. The maximum Gasteiger partial charge on any atom is 0.338 e. The highest BCUT2D eigenvalue weighted by molar-refractivity contribution is 6.00. The molecule has 1 aliphatic rings. The molecule has 3 rings (SSSR count). The van der Waals surface area contributed by atoms with Crippen LogP contribution in [0.5, 0.6) is 0 Å². The molecule has 0 unspecified atom stereocenters. The highest BCUT2D eigenvalue weighted by Gasteiger charge is 2.17. The van der Waals surface area contributed by atoms with Gasteiger partial charge in [0, 0.05) is 23.6 Å². The second-order valence-electron chi connectivity index (χ2n) is 4.75. The number of hydrogen-bond acceptors (Lipinski definition) is 4. The molecule has 116 valence electrons. The van der Waals surface area contributed by atoms with Crippen LogP contribution in [0.25, 0.3) is 16.5 Å². The van der Waals surface area contributed by atoms with E-state index in [-0.39, 0.29) is 12.4 Å². The summed E-state index contributed by atoms with van der Waals surface area (Å²) in [6.07, 6.45) is 5.06. The van der Waals surface area contributed by atoms with E-state index in [9.17, 15) is 4.79 Å². The van der Waals surface area contributed by atoms with Crippen molar-refractivity contribution in [1.82, 2.24) is 10.3 Å². The lowest BCUT2D eigenvalue weighted by atomic mass is 9.95. The van der Waals surface area contributed by atoms with Crippen LogP contribution in [0.2, 0.25) is 0 Å². The highest BCUT2D eigenvalue weighted by Crippen LogP contribution is 2.26. The lowest BCUT2D eigenvalue weighted by Crippen LogP contribution is -2.22. The van der Waals surface area contributed by atoms with E-state index < -0.39 is 0 Å². The van der Waals surface area contributed by atoms with Crippen LogP contribution >= 0.6 is 0 Å². The van der Waals surface area contributed by atoms with E-state index in [1.54, 1.807) is 0 Å². The fourth-order valence-corrected chi connectivity index (χ4v) is 2.49. The summed E-state index contributed by atoms with van der Waals surface area (Å²) in [6, 6.07) is 5.93. The Morgan fingerprint density at radius 3 is 2.82 bits per heavy atom. The fourth-order valence-electron chi connectivity index (χ4n) is 2.49. The molecule has 0 saturated heterocycles. The first-order valence-electron chi connectivity index (χ1n) is 6.88. The number of benzene rings is 1. The Labute approximate surface area is 127 Å².